The molecule has 0 saturated carbocycles. The van der Waals surface area contributed by atoms with Crippen molar-refractivity contribution >= 4 is 5.78 Å². The van der Waals surface area contributed by atoms with E-state index in [4.69, 9.17) is 4.74 Å². The highest BCUT2D eigenvalue weighted by atomic mass is 19.4. The van der Waals surface area contributed by atoms with Crippen molar-refractivity contribution in [2.45, 2.75) is 33.0 Å². The molecule has 158 valence electrons. The van der Waals surface area contributed by atoms with Gasteiger partial charge in [-0.25, -0.2) is 4.39 Å². The lowest BCUT2D eigenvalue weighted by Crippen LogP contribution is -2.13. The summed E-state index contributed by atoms with van der Waals surface area (Å²) in [6.45, 7) is 4.10. The first-order valence-corrected chi connectivity index (χ1v) is 9.39. The molecule has 30 heavy (non-hydrogen) atoms. The number of Topliss-reactive ketones (excluding diaryl/α,β-unsaturated/α-hetero) is 1. The van der Waals surface area contributed by atoms with Gasteiger partial charge in [0.1, 0.15) is 11.6 Å². The van der Waals surface area contributed by atoms with E-state index in [1.807, 2.05) is 18.4 Å². The van der Waals surface area contributed by atoms with Crippen LogP contribution >= 0.6 is 0 Å². The molecule has 1 aromatic heterocycles. The highest BCUT2D eigenvalue weighted by Gasteiger charge is 2.30. The minimum absolute atomic E-state index is 0.196. The lowest BCUT2D eigenvalue weighted by Gasteiger charge is -2.11. The van der Waals surface area contributed by atoms with Gasteiger partial charge in [-0.1, -0.05) is 12.1 Å². The number of aromatic nitrogens is 1. The van der Waals surface area contributed by atoms with Crippen molar-refractivity contribution < 1.29 is 27.1 Å². The Balaban J connectivity index is 1.63. The van der Waals surface area contributed by atoms with Crippen LogP contribution in [0.5, 0.6) is 5.75 Å². The normalized spacial score (nSPS) is 11.5. The van der Waals surface area contributed by atoms with Crippen molar-refractivity contribution in [3.8, 4) is 5.75 Å². The summed E-state index contributed by atoms with van der Waals surface area (Å²) in [5, 5.41) is 0. The summed E-state index contributed by atoms with van der Waals surface area (Å²) in [5.74, 6) is -0.342. The fourth-order valence-electron chi connectivity index (χ4n) is 3.29. The first-order chi connectivity index (χ1) is 14.1. The van der Waals surface area contributed by atoms with E-state index < -0.39 is 11.7 Å². The molecule has 0 saturated heterocycles. The fraction of sp³-hybridized carbons (Fsp3) is 0.261. The highest BCUT2D eigenvalue weighted by Crippen LogP contribution is 2.30. The van der Waals surface area contributed by atoms with Gasteiger partial charge in [-0.15, -0.1) is 0 Å². The average molecular weight is 419 g/mol. The summed E-state index contributed by atoms with van der Waals surface area (Å²) in [6.07, 6.45) is -3.73. The zero-order chi connectivity index (χ0) is 21.9. The summed E-state index contributed by atoms with van der Waals surface area (Å²) >= 11 is 0. The Hall–Kier alpha value is -3.09. The molecule has 7 heteroatoms. The number of carbonyl (C=O) groups is 1. The number of rotatable bonds is 7. The van der Waals surface area contributed by atoms with E-state index >= 15 is 0 Å². The van der Waals surface area contributed by atoms with E-state index in [9.17, 15) is 22.4 Å². The minimum Gasteiger partial charge on any atom is -0.485 e. The van der Waals surface area contributed by atoms with Crippen molar-refractivity contribution in [2.75, 3.05) is 6.61 Å². The van der Waals surface area contributed by atoms with Crippen LogP contribution in [0.1, 0.15) is 32.9 Å². The molecule has 0 amide bonds. The lowest BCUT2D eigenvalue weighted by molar-refractivity contribution is -0.137. The van der Waals surface area contributed by atoms with Gasteiger partial charge in [0.05, 0.1) is 5.56 Å². The average Bonchev–Trinajstić information content (AvgIpc) is 2.99. The van der Waals surface area contributed by atoms with Crippen molar-refractivity contribution in [1.29, 1.82) is 0 Å². The standard InChI is InChI=1S/C23H21F4NO2/c1-15-13-21(16(2)28(15)12-11-17-3-7-19(24)8-4-17)22(29)14-30-20-9-5-18(6-10-20)23(25,26)27/h3-10,13H,11-12,14H2,1-2H3. The number of benzene rings is 2. The monoisotopic (exact) mass is 419 g/mol. The summed E-state index contributed by atoms with van der Waals surface area (Å²) < 4.78 is 58.3. The molecular formula is C23H21F4NO2. The Morgan fingerprint density at radius 3 is 2.23 bits per heavy atom. The van der Waals surface area contributed by atoms with Gasteiger partial charge in [0.2, 0.25) is 5.78 Å². The molecule has 0 bridgehead atoms. The predicted octanol–water partition coefficient (Wildman–Crippen LogP) is 5.77. The van der Waals surface area contributed by atoms with Crippen LogP contribution in [0.2, 0.25) is 0 Å². The topological polar surface area (TPSA) is 31.2 Å². The Kier molecular flexibility index (Phi) is 6.29. The van der Waals surface area contributed by atoms with Crippen molar-refractivity contribution in [2.24, 2.45) is 0 Å². The molecule has 0 N–H and O–H groups in total. The third kappa shape index (κ3) is 5.09. The third-order valence-corrected chi connectivity index (χ3v) is 4.96. The van der Waals surface area contributed by atoms with Gasteiger partial charge < -0.3 is 9.30 Å². The molecule has 3 aromatic rings. The van der Waals surface area contributed by atoms with Crippen LogP contribution in [0.15, 0.2) is 54.6 Å². The van der Waals surface area contributed by atoms with E-state index in [1.165, 1.54) is 24.3 Å². The molecule has 0 atom stereocenters. The number of carbonyl (C=O) groups excluding carboxylic acids is 1. The summed E-state index contributed by atoms with van der Waals surface area (Å²) in [7, 11) is 0. The van der Waals surface area contributed by atoms with Gasteiger partial charge in [0.15, 0.2) is 6.61 Å². The van der Waals surface area contributed by atoms with Gasteiger partial charge >= 0.3 is 6.18 Å². The Labute approximate surface area is 171 Å². The molecule has 2 aromatic carbocycles. The molecule has 0 aliphatic carbocycles. The van der Waals surface area contributed by atoms with Gasteiger partial charge in [-0.05, 0) is 68.3 Å². The number of nitrogens with zero attached hydrogens (tertiary/aromatic N) is 1. The second kappa shape index (κ2) is 8.73. The Morgan fingerprint density at radius 1 is 1.00 bits per heavy atom. The number of alkyl halides is 3. The largest absolute Gasteiger partial charge is 0.485 e. The number of ether oxygens (including phenoxy) is 1. The summed E-state index contributed by atoms with van der Waals surface area (Å²) in [6, 6.07) is 12.3. The highest BCUT2D eigenvalue weighted by molar-refractivity contribution is 5.98. The first kappa shape index (κ1) is 21.6. The maximum Gasteiger partial charge on any atom is 0.416 e. The van der Waals surface area contributed by atoms with E-state index in [0.29, 0.717) is 18.5 Å². The molecule has 1 heterocycles. The van der Waals surface area contributed by atoms with Gasteiger partial charge in [0, 0.05) is 23.5 Å². The number of hydrogen-bond acceptors (Lipinski definition) is 2. The van der Waals surface area contributed by atoms with Crippen LogP contribution in [-0.2, 0) is 19.1 Å². The molecule has 0 fully saturated rings. The molecular weight excluding hydrogens is 398 g/mol. The number of aryl methyl sites for hydroxylation is 2. The minimum atomic E-state index is -4.42. The molecule has 0 radical (unpaired) electrons. The van der Waals surface area contributed by atoms with E-state index in [1.54, 1.807) is 18.2 Å². The van der Waals surface area contributed by atoms with Crippen LogP contribution in [0.25, 0.3) is 0 Å². The zero-order valence-corrected chi connectivity index (χ0v) is 16.6. The molecule has 3 rings (SSSR count). The first-order valence-electron chi connectivity index (χ1n) is 9.39. The SMILES string of the molecule is Cc1cc(C(=O)COc2ccc(C(F)(F)F)cc2)c(C)n1CCc1ccc(F)cc1. The second-order valence-electron chi connectivity index (χ2n) is 7.05. The van der Waals surface area contributed by atoms with Gasteiger partial charge in [-0.2, -0.15) is 13.2 Å². The predicted molar refractivity (Wildman–Crippen MR) is 105 cm³/mol. The number of ketones is 1. The van der Waals surface area contributed by atoms with Crippen molar-refractivity contribution in [3.05, 3.63) is 88.5 Å². The van der Waals surface area contributed by atoms with E-state index in [2.05, 4.69) is 0 Å². The van der Waals surface area contributed by atoms with Crippen LogP contribution < -0.4 is 4.74 Å². The number of halogens is 4. The summed E-state index contributed by atoms with van der Waals surface area (Å²) in [5.41, 5.74) is 2.43. The second-order valence-corrected chi connectivity index (χ2v) is 7.05. The van der Waals surface area contributed by atoms with E-state index in [0.717, 1.165) is 29.1 Å². The third-order valence-electron chi connectivity index (χ3n) is 4.96. The Morgan fingerprint density at radius 2 is 1.63 bits per heavy atom. The van der Waals surface area contributed by atoms with Gasteiger partial charge in [0.25, 0.3) is 0 Å². The quantitative estimate of drug-likeness (QED) is 0.360. The van der Waals surface area contributed by atoms with Crippen LogP contribution in [0.4, 0.5) is 17.6 Å². The van der Waals surface area contributed by atoms with Crippen LogP contribution in [0.3, 0.4) is 0 Å². The molecule has 0 unspecified atom stereocenters. The molecule has 0 aliphatic rings. The van der Waals surface area contributed by atoms with E-state index in [-0.39, 0.29) is 24.0 Å². The number of hydrogen-bond donors (Lipinski definition) is 0. The van der Waals surface area contributed by atoms with Crippen molar-refractivity contribution in [1.82, 2.24) is 4.57 Å². The lowest BCUT2D eigenvalue weighted by atomic mass is 10.1. The summed E-state index contributed by atoms with van der Waals surface area (Å²) in [4.78, 5) is 12.6. The van der Waals surface area contributed by atoms with Crippen LogP contribution in [0, 0.1) is 19.7 Å². The molecule has 3 nitrogen and oxygen atoms in total. The zero-order valence-electron chi connectivity index (χ0n) is 16.6. The Bertz CT molecular complexity index is 1020. The van der Waals surface area contributed by atoms with Crippen molar-refractivity contribution in [3.63, 3.8) is 0 Å². The smallest absolute Gasteiger partial charge is 0.416 e. The van der Waals surface area contributed by atoms with Crippen LogP contribution in [-0.4, -0.2) is 17.0 Å². The fourth-order valence-corrected chi connectivity index (χ4v) is 3.29. The van der Waals surface area contributed by atoms with Gasteiger partial charge in [-0.3, -0.25) is 4.79 Å². The molecule has 0 spiro atoms. The maximum atomic E-state index is 13.0. The maximum absolute atomic E-state index is 13.0. The molecule has 0 aliphatic heterocycles.